The van der Waals surface area contributed by atoms with Crippen molar-refractivity contribution in [3.05, 3.63) is 91.0 Å². The Labute approximate surface area is 225 Å². The van der Waals surface area contributed by atoms with Crippen LogP contribution in [0.25, 0.3) is 0 Å². The SMILES string of the molecule is CCCCCCCCCC(F)CCCS(=O)(=O)OS(c1ccccc1)(c1ccccc1)c1ccccc1. The fourth-order valence-corrected chi connectivity index (χ4v) is 9.92. The summed E-state index contributed by atoms with van der Waals surface area (Å²) in [6.07, 6.45) is 8.04. The first kappa shape index (κ1) is 29.4. The Morgan fingerprint density at radius 3 is 1.49 bits per heavy atom. The number of halogens is 1. The highest BCUT2D eigenvalue weighted by atomic mass is 32.3. The smallest absolute Gasteiger partial charge is 0.247 e. The number of hydrogen-bond donors (Lipinski definition) is 0. The Hall–Kier alpha value is -2.15. The molecule has 0 heterocycles. The molecule has 202 valence electrons. The normalized spacial score (nSPS) is 13.4. The molecule has 3 aromatic rings. The van der Waals surface area contributed by atoms with Crippen LogP contribution in [0.4, 0.5) is 4.39 Å². The second-order valence-electron chi connectivity index (χ2n) is 9.47. The van der Waals surface area contributed by atoms with Crippen LogP contribution in [0, 0.1) is 0 Å². The van der Waals surface area contributed by atoms with Crippen molar-refractivity contribution in [1.82, 2.24) is 0 Å². The predicted octanol–water partition coefficient (Wildman–Crippen LogP) is 9.49. The molecule has 0 saturated heterocycles. The third kappa shape index (κ3) is 8.98. The average Bonchev–Trinajstić information content (AvgIpc) is 2.92. The summed E-state index contributed by atoms with van der Waals surface area (Å²) in [4.78, 5) is 2.41. The number of hydrogen-bond acceptors (Lipinski definition) is 3. The summed E-state index contributed by atoms with van der Waals surface area (Å²) in [7, 11) is -6.50. The zero-order chi connectivity index (χ0) is 26.4. The summed E-state index contributed by atoms with van der Waals surface area (Å²) >= 11 is 0. The van der Waals surface area contributed by atoms with E-state index in [0.29, 0.717) is 6.42 Å². The summed E-state index contributed by atoms with van der Waals surface area (Å²) in [6, 6.07) is 28.6. The fraction of sp³-hybridized carbons (Fsp3) is 0.419. The standard InChI is InChI=1S/C31H41FO3S2/c1-2-3-4-5-6-7-11-19-28(32)20-18-27-36(33,34)35-37(29-21-12-8-13-22-29,30-23-14-9-15-24-30)31-25-16-10-17-26-31/h8-10,12-17,21-26,28H,2-7,11,18-20,27H2,1H3. The van der Waals surface area contributed by atoms with E-state index in [0.717, 1.165) is 33.9 Å². The van der Waals surface area contributed by atoms with Gasteiger partial charge in [-0.1, -0.05) is 106 Å². The van der Waals surface area contributed by atoms with Crippen LogP contribution in [0.5, 0.6) is 0 Å². The maximum absolute atomic E-state index is 14.5. The van der Waals surface area contributed by atoms with Gasteiger partial charge in [-0.15, -0.1) is 0 Å². The molecular weight excluding hydrogens is 503 g/mol. The van der Waals surface area contributed by atoms with Crippen molar-refractivity contribution < 1.29 is 16.4 Å². The Kier molecular flexibility index (Phi) is 12.2. The van der Waals surface area contributed by atoms with Gasteiger partial charge < -0.3 is 0 Å². The average molecular weight is 545 g/mol. The lowest BCUT2D eigenvalue weighted by molar-refractivity contribution is 0.285. The Bertz CT molecular complexity index is 1030. The number of alkyl halides is 1. The number of benzene rings is 3. The highest BCUT2D eigenvalue weighted by Gasteiger charge is 2.37. The molecule has 3 nitrogen and oxygen atoms in total. The number of rotatable bonds is 17. The van der Waals surface area contributed by atoms with E-state index in [1.807, 2.05) is 91.0 Å². The van der Waals surface area contributed by atoms with Crippen LogP contribution in [0.1, 0.15) is 71.1 Å². The van der Waals surface area contributed by atoms with E-state index in [1.54, 1.807) is 0 Å². The molecule has 0 spiro atoms. The van der Waals surface area contributed by atoms with Gasteiger partial charge in [-0.25, -0.2) is 8.02 Å². The summed E-state index contributed by atoms with van der Waals surface area (Å²) in [5.74, 6) is -0.203. The molecule has 0 bridgehead atoms. The van der Waals surface area contributed by atoms with E-state index in [9.17, 15) is 12.8 Å². The van der Waals surface area contributed by atoms with Gasteiger partial charge in [0.25, 0.3) is 10.1 Å². The van der Waals surface area contributed by atoms with Crippen LogP contribution in [0.15, 0.2) is 106 Å². The molecule has 0 amide bonds. The zero-order valence-corrected chi connectivity index (χ0v) is 23.6. The zero-order valence-electron chi connectivity index (χ0n) is 21.9. The van der Waals surface area contributed by atoms with Crippen molar-refractivity contribution in [3.63, 3.8) is 0 Å². The highest BCUT2D eigenvalue weighted by Crippen LogP contribution is 2.69. The van der Waals surface area contributed by atoms with Crippen LogP contribution < -0.4 is 0 Å². The van der Waals surface area contributed by atoms with Crippen molar-refractivity contribution >= 4 is 20.4 Å². The van der Waals surface area contributed by atoms with Gasteiger partial charge in [0.1, 0.15) is 6.17 Å². The highest BCUT2D eigenvalue weighted by molar-refractivity contribution is 8.33. The number of unbranched alkanes of at least 4 members (excludes halogenated alkanes) is 6. The monoisotopic (exact) mass is 544 g/mol. The predicted molar refractivity (Wildman–Crippen MR) is 153 cm³/mol. The minimum atomic E-state index is -3.95. The van der Waals surface area contributed by atoms with Crippen molar-refractivity contribution in [2.24, 2.45) is 0 Å². The van der Waals surface area contributed by atoms with Crippen LogP contribution in [-0.2, 0) is 13.7 Å². The van der Waals surface area contributed by atoms with Gasteiger partial charge >= 0.3 is 0 Å². The van der Waals surface area contributed by atoms with Crippen LogP contribution in [0.3, 0.4) is 0 Å². The minimum Gasteiger partial charge on any atom is -0.247 e. The van der Waals surface area contributed by atoms with Crippen molar-refractivity contribution in [3.8, 4) is 0 Å². The van der Waals surface area contributed by atoms with E-state index < -0.39 is 26.6 Å². The molecule has 0 aliphatic heterocycles. The molecule has 6 heteroatoms. The molecule has 0 saturated carbocycles. The largest absolute Gasteiger partial charge is 0.277 e. The van der Waals surface area contributed by atoms with Gasteiger partial charge in [0.2, 0.25) is 0 Å². The Morgan fingerprint density at radius 2 is 1.03 bits per heavy atom. The molecule has 0 aliphatic rings. The molecule has 0 fully saturated rings. The molecule has 37 heavy (non-hydrogen) atoms. The molecule has 0 radical (unpaired) electrons. The molecule has 1 unspecified atom stereocenters. The van der Waals surface area contributed by atoms with E-state index in [-0.39, 0.29) is 18.6 Å². The first-order valence-corrected chi connectivity index (χ1v) is 16.7. The summed E-state index contributed by atoms with van der Waals surface area (Å²) in [6.45, 7) is 2.20. The quantitative estimate of drug-likeness (QED) is 0.159. The van der Waals surface area contributed by atoms with Crippen LogP contribution in [-0.4, -0.2) is 20.3 Å². The van der Waals surface area contributed by atoms with Crippen molar-refractivity contribution in [2.45, 2.75) is 92.0 Å². The van der Waals surface area contributed by atoms with Crippen molar-refractivity contribution in [1.29, 1.82) is 0 Å². The third-order valence-corrected chi connectivity index (χ3v) is 11.7. The third-order valence-electron chi connectivity index (χ3n) is 6.46. The maximum Gasteiger partial charge on any atom is 0.277 e. The van der Waals surface area contributed by atoms with E-state index in [2.05, 4.69) is 6.92 Å². The van der Waals surface area contributed by atoms with Crippen LogP contribution in [0.2, 0.25) is 0 Å². The van der Waals surface area contributed by atoms with Crippen LogP contribution >= 0.6 is 10.3 Å². The minimum absolute atomic E-state index is 0.203. The Morgan fingerprint density at radius 1 is 0.622 bits per heavy atom. The van der Waals surface area contributed by atoms with Gasteiger partial charge in [0.05, 0.1) is 5.75 Å². The lowest BCUT2D eigenvalue weighted by Crippen LogP contribution is -2.17. The molecule has 3 aromatic carbocycles. The van der Waals surface area contributed by atoms with E-state index in [4.69, 9.17) is 3.63 Å². The fourth-order valence-electron chi connectivity index (χ4n) is 4.50. The summed E-state index contributed by atoms with van der Waals surface area (Å²) < 4.78 is 47.6. The first-order chi connectivity index (χ1) is 18.0. The second-order valence-corrected chi connectivity index (χ2v) is 14.1. The van der Waals surface area contributed by atoms with Gasteiger partial charge in [-0.05, 0) is 66.0 Å². The molecular formula is C31H41FO3S2. The first-order valence-electron chi connectivity index (χ1n) is 13.5. The molecule has 1 atom stereocenters. The molecule has 0 N–H and O–H groups in total. The van der Waals surface area contributed by atoms with Gasteiger partial charge in [0.15, 0.2) is 0 Å². The lowest BCUT2D eigenvalue weighted by atomic mass is 10.1. The maximum atomic E-state index is 14.5. The topological polar surface area (TPSA) is 43.4 Å². The summed E-state index contributed by atoms with van der Waals surface area (Å²) in [5, 5.41) is 0. The summed E-state index contributed by atoms with van der Waals surface area (Å²) in [5.41, 5.74) is 0. The lowest BCUT2D eigenvalue weighted by Gasteiger charge is -2.39. The molecule has 3 rings (SSSR count). The van der Waals surface area contributed by atoms with E-state index >= 15 is 0 Å². The Balaban J connectivity index is 1.70. The molecule has 0 aromatic heterocycles. The van der Waals surface area contributed by atoms with E-state index in [1.165, 1.54) is 25.7 Å². The van der Waals surface area contributed by atoms with Gasteiger partial charge in [-0.3, -0.25) is 0 Å². The molecule has 0 aliphatic carbocycles. The van der Waals surface area contributed by atoms with Crippen molar-refractivity contribution in [2.75, 3.05) is 5.75 Å². The van der Waals surface area contributed by atoms with Gasteiger partial charge in [-0.2, -0.15) is 8.42 Å². The van der Waals surface area contributed by atoms with Gasteiger partial charge in [0, 0.05) is 14.7 Å². The second kappa shape index (κ2) is 15.3.